The number of ether oxygens (including phenoxy) is 1. The Balaban J connectivity index is 0.920. The van der Waals surface area contributed by atoms with Crippen molar-refractivity contribution in [3.05, 3.63) is 287 Å². The van der Waals surface area contributed by atoms with Gasteiger partial charge >= 0.3 is 0 Å². The lowest BCUT2D eigenvalue weighted by Crippen LogP contribution is -2.32. The van der Waals surface area contributed by atoms with Gasteiger partial charge in [0.15, 0.2) is 0 Å². The summed E-state index contributed by atoms with van der Waals surface area (Å²) >= 11 is 0. The average Bonchev–Trinajstić information content (AvgIpc) is 4.32. The molecule has 16 rings (SSSR count). The number of hydrogen-bond acceptors (Lipinski definition) is 2. The molecule has 1 aliphatic heterocycles. The van der Waals surface area contributed by atoms with Gasteiger partial charge in [-0.15, -0.1) is 0 Å². The Labute approximate surface area is 443 Å². The van der Waals surface area contributed by atoms with Crippen LogP contribution < -0.4 is 9.64 Å². The number of hydrogen-bond donors (Lipinski definition) is 0. The Bertz CT molecular complexity index is 4290. The summed E-state index contributed by atoms with van der Waals surface area (Å²) in [5.74, 6) is 1.80. The number of nitrogens with zero attached hydrogens (tertiary/aromatic N) is 2. The fourth-order valence-corrected chi connectivity index (χ4v) is 14.5. The van der Waals surface area contributed by atoms with E-state index >= 15 is 0 Å². The van der Waals surface area contributed by atoms with Crippen LogP contribution in [-0.4, -0.2) is 4.57 Å². The number of benzene rings is 11. The molecule has 1 aromatic heterocycles. The first-order chi connectivity index (χ1) is 37.2. The molecule has 0 saturated heterocycles. The molecule has 12 aromatic rings. The summed E-state index contributed by atoms with van der Waals surface area (Å²) in [6.07, 6.45) is 0. The van der Waals surface area contributed by atoms with E-state index in [4.69, 9.17) is 4.74 Å². The molecule has 3 nitrogen and oxygen atoms in total. The van der Waals surface area contributed by atoms with Gasteiger partial charge in [0.05, 0.1) is 27.8 Å². The molecule has 0 atom stereocenters. The molecule has 0 radical (unpaired) electrons. The molecule has 0 saturated carbocycles. The molecule has 0 N–H and O–H groups in total. The fourth-order valence-electron chi connectivity index (χ4n) is 14.5. The van der Waals surface area contributed by atoms with E-state index in [0.717, 1.165) is 28.4 Å². The van der Waals surface area contributed by atoms with Crippen molar-refractivity contribution in [1.82, 2.24) is 4.57 Å². The van der Waals surface area contributed by atoms with E-state index in [1.54, 1.807) is 0 Å². The maximum absolute atomic E-state index is 6.73. The third-order valence-electron chi connectivity index (χ3n) is 17.9. The van der Waals surface area contributed by atoms with E-state index in [-0.39, 0.29) is 10.8 Å². The van der Waals surface area contributed by atoms with Gasteiger partial charge < -0.3 is 14.2 Å². The molecule has 3 heteroatoms. The number of fused-ring (bicyclic) bond motifs is 19. The van der Waals surface area contributed by atoms with Gasteiger partial charge in [-0.2, -0.15) is 0 Å². The summed E-state index contributed by atoms with van der Waals surface area (Å²) in [6, 6.07) is 90.5. The maximum Gasteiger partial charge on any atom is 0.132 e. The van der Waals surface area contributed by atoms with Crippen molar-refractivity contribution >= 4 is 38.9 Å². The highest BCUT2D eigenvalue weighted by Gasteiger charge is 2.52. The minimum atomic E-state index is -0.570. The molecule has 0 fully saturated rings. The summed E-state index contributed by atoms with van der Waals surface area (Å²) in [7, 11) is 0. The van der Waals surface area contributed by atoms with Crippen molar-refractivity contribution in [2.24, 2.45) is 0 Å². The second-order valence-corrected chi connectivity index (χ2v) is 22.3. The van der Waals surface area contributed by atoms with Crippen LogP contribution in [0.5, 0.6) is 11.5 Å². The molecule has 76 heavy (non-hydrogen) atoms. The highest BCUT2D eigenvalue weighted by Crippen LogP contribution is 2.64. The van der Waals surface area contributed by atoms with Gasteiger partial charge in [0.25, 0.3) is 0 Å². The fraction of sp³-hybridized carbons (Fsp3) is 0.0959. The molecule has 360 valence electrons. The largest absolute Gasteiger partial charge is 0.457 e. The predicted octanol–water partition coefficient (Wildman–Crippen LogP) is 19.0. The number of rotatable bonds is 5. The minimum absolute atomic E-state index is 0.143. The van der Waals surface area contributed by atoms with Crippen LogP contribution in [0.3, 0.4) is 0 Å². The zero-order valence-electron chi connectivity index (χ0n) is 42.9. The Morgan fingerprint density at radius 2 is 0.829 bits per heavy atom. The molecule has 2 heterocycles. The Kier molecular flexibility index (Phi) is 8.79. The minimum Gasteiger partial charge on any atom is -0.457 e. The van der Waals surface area contributed by atoms with E-state index < -0.39 is 5.41 Å². The van der Waals surface area contributed by atoms with E-state index in [1.807, 2.05) is 0 Å². The highest BCUT2D eigenvalue weighted by atomic mass is 16.5. The van der Waals surface area contributed by atoms with Crippen LogP contribution in [0.1, 0.15) is 72.2 Å². The first kappa shape index (κ1) is 43.2. The standard InChI is InChI=1S/C73H52N2O/c1-71(2)53-25-11-8-22-49(53)67-58(71)30-18-32-62(67)75(63-33-19-31-59-68(63)50-23-9-12-26-54(50)72(59,3)4)48-39-36-45(37-40-48)46-38-42-61-52(44-46)70-64(74(61)47-20-6-5-7-21-47)43-41-60-69(70)51-24-10-13-27-55(51)73(60)56-28-14-16-34-65(56)76-66-35-17-15-29-57(66)73/h5-44H,1-4H3. The number of para-hydroxylation sites is 3. The van der Waals surface area contributed by atoms with Crippen LogP contribution in [0.4, 0.5) is 17.1 Å². The third kappa shape index (κ3) is 5.56. The van der Waals surface area contributed by atoms with Crippen LogP contribution >= 0.6 is 0 Å². The Hall–Kier alpha value is -9.18. The molecule has 0 unspecified atom stereocenters. The van der Waals surface area contributed by atoms with E-state index in [1.165, 1.54) is 117 Å². The Morgan fingerprint density at radius 1 is 0.355 bits per heavy atom. The zero-order valence-corrected chi connectivity index (χ0v) is 42.9. The van der Waals surface area contributed by atoms with Gasteiger partial charge in [-0.3, -0.25) is 0 Å². The van der Waals surface area contributed by atoms with Crippen molar-refractivity contribution in [1.29, 1.82) is 0 Å². The lowest BCUT2D eigenvalue weighted by atomic mass is 9.66. The van der Waals surface area contributed by atoms with Crippen molar-refractivity contribution in [2.45, 2.75) is 43.9 Å². The normalized spacial score (nSPS) is 15.0. The van der Waals surface area contributed by atoms with Crippen LogP contribution in [-0.2, 0) is 16.2 Å². The predicted molar refractivity (Wildman–Crippen MR) is 313 cm³/mol. The first-order valence-corrected chi connectivity index (χ1v) is 26.8. The number of anilines is 3. The van der Waals surface area contributed by atoms with Crippen LogP contribution in [0.2, 0.25) is 0 Å². The summed E-state index contributed by atoms with van der Waals surface area (Å²) in [5.41, 5.74) is 26.6. The molecular weight excluding hydrogens is 921 g/mol. The van der Waals surface area contributed by atoms with Crippen molar-refractivity contribution in [3.8, 4) is 61.7 Å². The quantitative estimate of drug-likeness (QED) is 0.171. The van der Waals surface area contributed by atoms with Gasteiger partial charge in [-0.1, -0.05) is 204 Å². The second-order valence-electron chi connectivity index (χ2n) is 22.3. The number of aromatic nitrogens is 1. The van der Waals surface area contributed by atoms with E-state index in [0.29, 0.717) is 0 Å². The van der Waals surface area contributed by atoms with Gasteiger partial charge in [0.1, 0.15) is 11.5 Å². The average molecular weight is 973 g/mol. The monoisotopic (exact) mass is 972 g/mol. The van der Waals surface area contributed by atoms with Gasteiger partial charge in [0.2, 0.25) is 0 Å². The van der Waals surface area contributed by atoms with E-state index in [9.17, 15) is 0 Å². The lowest BCUT2D eigenvalue weighted by molar-refractivity contribution is 0.436. The molecule has 1 spiro atoms. The smallest absolute Gasteiger partial charge is 0.132 e. The van der Waals surface area contributed by atoms with Crippen LogP contribution in [0.25, 0.3) is 72.0 Å². The van der Waals surface area contributed by atoms with Gasteiger partial charge in [0, 0.05) is 55.2 Å². The topological polar surface area (TPSA) is 17.4 Å². The maximum atomic E-state index is 6.73. The summed E-state index contributed by atoms with van der Waals surface area (Å²) in [5, 5.41) is 2.48. The SMILES string of the molecule is CC1(C)c2ccccc2-c2c(N(c3ccc(-c4ccc5c(c4)c4c6c(ccc4n5-c4ccccc4)C4(c5ccccc5Oc5ccccc54)c4ccccc4-6)cc3)c3cccc4c3-c3ccccc3C4(C)C)cccc21. The summed E-state index contributed by atoms with van der Waals surface area (Å²) in [4.78, 5) is 2.55. The Morgan fingerprint density at radius 3 is 1.42 bits per heavy atom. The third-order valence-corrected chi connectivity index (χ3v) is 17.9. The molecular formula is C73H52N2O. The van der Waals surface area contributed by atoms with Crippen LogP contribution in [0.15, 0.2) is 243 Å². The van der Waals surface area contributed by atoms with Crippen LogP contribution in [0, 0.1) is 0 Å². The van der Waals surface area contributed by atoms with Crippen molar-refractivity contribution in [3.63, 3.8) is 0 Å². The lowest BCUT2D eigenvalue weighted by Gasteiger charge is -2.39. The molecule has 4 aliphatic rings. The van der Waals surface area contributed by atoms with Gasteiger partial charge in [-0.25, -0.2) is 0 Å². The van der Waals surface area contributed by atoms with Gasteiger partial charge in [-0.05, 0) is 133 Å². The highest BCUT2D eigenvalue weighted by molar-refractivity contribution is 6.19. The van der Waals surface area contributed by atoms with E-state index in [2.05, 4.69) is 280 Å². The second kappa shape index (κ2) is 15.4. The molecule has 3 aliphatic carbocycles. The summed E-state index contributed by atoms with van der Waals surface area (Å²) < 4.78 is 9.19. The summed E-state index contributed by atoms with van der Waals surface area (Å²) in [6.45, 7) is 9.51. The zero-order chi connectivity index (χ0) is 50.7. The van der Waals surface area contributed by atoms with Crippen molar-refractivity contribution in [2.75, 3.05) is 4.90 Å². The molecule has 0 amide bonds. The molecule has 11 aromatic carbocycles. The molecule has 0 bridgehead atoms. The van der Waals surface area contributed by atoms with Crippen molar-refractivity contribution < 1.29 is 4.74 Å². The first-order valence-electron chi connectivity index (χ1n) is 26.8.